The van der Waals surface area contributed by atoms with Gasteiger partial charge < -0.3 is 25.0 Å². The van der Waals surface area contributed by atoms with E-state index < -0.39 is 23.3 Å². The molecule has 1 atom stereocenters. The van der Waals surface area contributed by atoms with Crippen LogP contribution in [0.25, 0.3) is 0 Å². The number of aromatic nitrogens is 2. The van der Waals surface area contributed by atoms with Gasteiger partial charge in [-0.2, -0.15) is 4.98 Å². The third-order valence-corrected chi connectivity index (χ3v) is 6.01. The second-order valence-corrected chi connectivity index (χ2v) is 8.19. The molecule has 11 nitrogen and oxygen atoms in total. The van der Waals surface area contributed by atoms with Crippen LogP contribution in [0.4, 0.5) is 17.5 Å². The Morgan fingerprint density at radius 1 is 1.24 bits per heavy atom. The number of anilines is 3. The minimum absolute atomic E-state index is 0.0771. The van der Waals surface area contributed by atoms with Crippen LogP contribution in [0.15, 0.2) is 29.1 Å². The summed E-state index contributed by atoms with van der Waals surface area (Å²) < 4.78 is 10.3. The Morgan fingerprint density at radius 3 is 2.71 bits per heavy atom. The fourth-order valence-corrected chi connectivity index (χ4v) is 4.25. The van der Waals surface area contributed by atoms with E-state index in [0.717, 1.165) is 0 Å². The van der Waals surface area contributed by atoms with E-state index in [0.29, 0.717) is 49.9 Å². The first-order valence-electron chi connectivity index (χ1n) is 11.2. The van der Waals surface area contributed by atoms with Crippen LogP contribution < -0.4 is 25.8 Å². The molecule has 0 aliphatic carbocycles. The number of H-pyrrole nitrogens is 1. The maximum Gasteiger partial charge on any atom is 0.309 e. The summed E-state index contributed by atoms with van der Waals surface area (Å²) in [6.45, 7) is 3.11. The Hall–Kier alpha value is -3.89. The standard InChI is InChI=1S/C23H27N5O6/c1-3-34-22(32)13-7-9-28(10-8-13)23-26-19-18(21(31)27-23)16(12-17(29)25-19)20(30)24-14-5-4-6-15(11-14)33-2/h4-6,11,13,16H,3,7-10,12H2,1-2H3,(H,24,30)(H2,25,26,27,29,31)/t16-/m0/s1. The Morgan fingerprint density at radius 2 is 2.00 bits per heavy atom. The van der Waals surface area contributed by atoms with E-state index in [1.807, 2.05) is 4.90 Å². The van der Waals surface area contributed by atoms with Crippen molar-refractivity contribution in [2.45, 2.75) is 32.1 Å². The number of ether oxygens (including phenoxy) is 2. The van der Waals surface area contributed by atoms with Crippen molar-refractivity contribution in [1.29, 1.82) is 0 Å². The number of carbonyl (C=O) groups is 3. The summed E-state index contributed by atoms with van der Waals surface area (Å²) in [5, 5.41) is 5.37. The highest BCUT2D eigenvalue weighted by Crippen LogP contribution is 2.31. The molecule has 1 aromatic heterocycles. The van der Waals surface area contributed by atoms with Crippen LogP contribution in [0.1, 0.15) is 37.7 Å². The van der Waals surface area contributed by atoms with E-state index in [2.05, 4.69) is 20.6 Å². The highest BCUT2D eigenvalue weighted by molar-refractivity contribution is 6.04. The zero-order valence-electron chi connectivity index (χ0n) is 19.1. The van der Waals surface area contributed by atoms with E-state index >= 15 is 0 Å². The zero-order chi connectivity index (χ0) is 24.2. The van der Waals surface area contributed by atoms with Gasteiger partial charge >= 0.3 is 5.97 Å². The molecule has 0 saturated carbocycles. The lowest BCUT2D eigenvalue weighted by molar-refractivity contribution is -0.148. The molecule has 34 heavy (non-hydrogen) atoms. The van der Waals surface area contributed by atoms with E-state index in [9.17, 15) is 19.2 Å². The van der Waals surface area contributed by atoms with Crippen molar-refractivity contribution in [3.8, 4) is 5.75 Å². The summed E-state index contributed by atoms with van der Waals surface area (Å²) in [7, 11) is 1.52. The molecule has 2 aliphatic rings. The lowest BCUT2D eigenvalue weighted by Gasteiger charge is -2.32. The Bertz CT molecular complexity index is 1150. The Balaban J connectivity index is 1.53. The fourth-order valence-electron chi connectivity index (χ4n) is 4.25. The maximum absolute atomic E-state index is 13.0. The zero-order valence-corrected chi connectivity index (χ0v) is 19.1. The second kappa shape index (κ2) is 9.94. The number of esters is 1. The van der Waals surface area contributed by atoms with Crippen molar-refractivity contribution in [2.24, 2.45) is 5.92 Å². The lowest BCUT2D eigenvalue weighted by Crippen LogP contribution is -2.41. The number of amides is 2. The molecule has 2 amide bonds. The van der Waals surface area contributed by atoms with Crippen molar-refractivity contribution in [3.05, 3.63) is 40.2 Å². The Kier molecular flexibility index (Phi) is 6.80. The van der Waals surface area contributed by atoms with E-state index in [1.165, 1.54) is 7.11 Å². The molecule has 3 heterocycles. The van der Waals surface area contributed by atoms with Gasteiger partial charge in [-0.3, -0.25) is 24.2 Å². The van der Waals surface area contributed by atoms with Gasteiger partial charge in [-0.1, -0.05) is 6.07 Å². The molecule has 0 unspecified atom stereocenters. The SMILES string of the molecule is CCOC(=O)C1CCN(c2nc3c(c(=O)[nH]2)[C@@H](C(=O)Nc2cccc(OC)c2)CC(=O)N3)CC1. The first-order valence-corrected chi connectivity index (χ1v) is 11.2. The van der Waals surface area contributed by atoms with Crippen molar-refractivity contribution < 1.29 is 23.9 Å². The number of hydrogen-bond donors (Lipinski definition) is 3. The van der Waals surface area contributed by atoms with Crippen LogP contribution >= 0.6 is 0 Å². The molecule has 1 aromatic carbocycles. The quantitative estimate of drug-likeness (QED) is 0.542. The topological polar surface area (TPSA) is 143 Å². The summed E-state index contributed by atoms with van der Waals surface area (Å²) in [6.07, 6.45) is 0.965. The van der Waals surface area contributed by atoms with E-state index in [1.54, 1.807) is 31.2 Å². The average molecular weight is 469 g/mol. The summed E-state index contributed by atoms with van der Waals surface area (Å²) in [5.41, 5.74) is 0.117. The number of benzene rings is 1. The molecule has 2 aliphatic heterocycles. The number of fused-ring (bicyclic) bond motifs is 1. The van der Waals surface area contributed by atoms with Gasteiger partial charge in [0.25, 0.3) is 5.56 Å². The van der Waals surface area contributed by atoms with Gasteiger partial charge in [0.2, 0.25) is 17.8 Å². The highest BCUT2D eigenvalue weighted by atomic mass is 16.5. The van der Waals surface area contributed by atoms with Crippen LogP contribution in [0, 0.1) is 5.92 Å². The largest absolute Gasteiger partial charge is 0.497 e. The maximum atomic E-state index is 13.0. The summed E-state index contributed by atoms with van der Waals surface area (Å²) in [6, 6.07) is 6.80. The Labute approximate surface area is 195 Å². The summed E-state index contributed by atoms with van der Waals surface area (Å²) >= 11 is 0. The number of carbonyl (C=O) groups excluding carboxylic acids is 3. The van der Waals surface area contributed by atoms with E-state index in [-0.39, 0.29) is 29.7 Å². The third kappa shape index (κ3) is 4.87. The second-order valence-electron chi connectivity index (χ2n) is 8.19. The van der Waals surface area contributed by atoms with Crippen LogP contribution in [0.5, 0.6) is 5.75 Å². The molecule has 0 radical (unpaired) electrons. The van der Waals surface area contributed by atoms with Crippen LogP contribution in [0.3, 0.4) is 0 Å². The molecular formula is C23H27N5O6. The highest BCUT2D eigenvalue weighted by Gasteiger charge is 2.36. The van der Waals surface area contributed by atoms with Crippen LogP contribution in [0.2, 0.25) is 0 Å². The van der Waals surface area contributed by atoms with Crippen LogP contribution in [-0.2, 0) is 19.1 Å². The number of nitrogens with zero attached hydrogens (tertiary/aromatic N) is 2. The normalized spacial score (nSPS) is 18.0. The van der Waals surface area contributed by atoms with Gasteiger partial charge in [-0.25, -0.2) is 0 Å². The number of aromatic amines is 1. The van der Waals surface area contributed by atoms with Crippen LogP contribution in [-0.4, -0.2) is 54.6 Å². The molecule has 0 spiro atoms. The van der Waals surface area contributed by atoms with Gasteiger partial charge in [-0.05, 0) is 31.9 Å². The molecule has 11 heteroatoms. The molecule has 1 fully saturated rings. The number of nitrogens with one attached hydrogen (secondary N) is 3. The lowest BCUT2D eigenvalue weighted by atomic mass is 9.92. The third-order valence-electron chi connectivity index (χ3n) is 6.01. The fraction of sp³-hybridized carbons (Fsp3) is 0.435. The van der Waals surface area contributed by atoms with Gasteiger partial charge in [0.1, 0.15) is 11.6 Å². The number of methoxy groups -OCH3 is 1. The van der Waals surface area contributed by atoms with Crippen molar-refractivity contribution in [1.82, 2.24) is 9.97 Å². The predicted molar refractivity (Wildman–Crippen MR) is 124 cm³/mol. The van der Waals surface area contributed by atoms with Crippen molar-refractivity contribution >= 4 is 35.2 Å². The number of hydrogen-bond acceptors (Lipinski definition) is 8. The minimum Gasteiger partial charge on any atom is -0.497 e. The van der Waals surface area contributed by atoms with Crippen molar-refractivity contribution in [2.75, 3.05) is 42.3 Å². The average Bonchev–Trinajstić information content (AvgIpc) is 2.83. The molecule has 4 rings (SSSR count). The monoisotopic (exact) mass is 469 g/mol. The first kappa shape index (κ1) is 23.3. The summed E-state index contributed by atoms with van der Waals surface area (Å²) in [5.74, 6) is -1.35. The molecule has 3 N–H and O–H groups in total. The molecule has 0 bridgehead atoms. The molecule has 2 aromatic rings. The molecular weight excluding hydrogens is 442 g/mol. The predicted octanol–water partition coefficient (Wildman–Crippen LogP) is 1.62. The number of rotatable bonds is 6. The van der Waals surface area contributed by atoms with E-state index in [4.69, 9.17) is 9.47 Å². The van der Waals surface area contributed by atoms with Gasteiger partial charge in [-0.15, -0.1) is 0 Å². The number of piperidine rings is 1. The minimum atomic E-state index is -0.991. The smallest absolute Gasteiger partial charge is 0.309 e. The van der Waals surface area contributed by atoms with Gasteiger partial charge in [0, 0.05) is 31.3 Å². The first-order chi connectivity index (χ1) is 16.4. The molecule has 1 saturated heterocycles. The van der Waals surface area contributed by atoms with Crippen molar-refractivity contribution in [3.63, 3.8) is 0 Å². The van der Waals surface area contributed by atoms with Gasteiger partial charge in [0.15, 0.2) is 0 Å². The van der Waals surface area contributed by atoms with Gasteiger partial charge in [0.05, 0.1) is 31.1 Å². The molecule has 180 valence electrons. The summed E-state index contributed by atoms with van der Waals surface area (Å²) in [4.78, 5) is 59.4.